The van der Waals surface area contributed by atoms with Gasteiger partial charge in [-0.1, -0.05) is 66.7 Å². The summed E-state index contributed by atoms with van der Waals surface area (Å²) in [6, 6.07) is 20.3. The summed E-state index contributed by atoms with van der Waals surface area (Å²) in [6.07, 6.45) is 6.45. The van der Waals surface area contributed by atoms with Gasteiger partial charge in [0.1, 0.15) is 6.61 Å². The Bertz CT molecular complexity index is 714. The minimum absolute atomic E-state index is 0.177. The fourth-order valence-corrected chi connectivity index (χ4v) is 3.90. The molecule has 0 saturated carbocycles. The first-order chi connectivity index (χ1) is 12.7. The lowest BCUT2D eigenvalue weighted by atomic mass is 9.84. The summed E-state index contributed by atoms with van der Waals surface area (Å²) in [5, 5.41) is 0. The Morgan fingerprint density at radius 1 is 1.08 bits per heavy atom. The Hall–Kier alpha value is -2.55. The van der Waals surface area contributed by atoms with Gasteiger partial charge in [-0.3, -0.25) is 0 Å². The smallest absolute Gasteiger partial charge is 0.410 e. The molecular formula is C23H27NO2. The molecule has 1 amide bonds. The number of likely N-dealkylation sites (tertiary alicyclic amines) is 1. The number of carbonyl (C=O) groups excluding carboxylic acids is 1. The van der Waals surface area contributed by atoms with E-state index < -0.39 is 0 Å². The number of nitrogens with zero attached hydrogens (tertiary/aromatic N) is 1. The lowest BCUT2D eigenvalue weighted by Crippen LogP contribution is -2.49. The third-order valence-electron chi connectivity index (χ3n) is 5.21. The molecule has 0 radical (unpaired) electrons. The van der Waals surface area contributed by atoms with E-state index in [1.165, 1.54) is 5.56 Å². The lowest BCUT2D eigenvalue weighted by Gasteiger charge is -2.38. The maximum absolute atomic E-state index is 12.9. The Morgan fingerprint density at radius 3 is 2.38 bits per heavy atom. The van der Waals surface area contributed by atoms with Gasteiger partial charge in [-0.25, -0.2) is 4.79 Å². The molecule has 26 heavy (non-hydrogen) atoms. The van der Waals surface area contributed by atoms with Gasteiger partial charge in [0.25, 0.3) is 0 Å². The highest BCUT2D eigenvalue weighted by molar-refractivity contribution is 5.69. The number of hydrogen-bond acceptors (Lipinski definition) is 2. The van der Waals surface area contributed by atoms with E-state index in [1.807, 2.05) is 47.4 Å². The Kier molecular flexibility index (Phi) is 6.11. The minimum Gasteiger partial charge on any atom is -0.445 e. The van der Waals surface area contributed by atoms with Gasteiger partial charge in [0.05, 0.1) is 5.54 Å². The van der Waals surface area contributed by atoms with Crippen molar-refractivity contribution in [3.8, 4) is 0 Å². The van der Waals surface area contributed by atoms with Crippen molar-refractivity contribution in [3.63, 3.8) is 0 Å². The summed E-state index contributed by atoms with van der Waals surface area (Å²) < 4.78 is 5.65. The molecule has 0 aromatic heterocycles. The minimum atomic E-state index is -0.202. The highest BCUT2D eigenvalue weighted by Gasteiger charge is 2.43. The van der Waals surface area contributed by atoms with E-state index in [9.17, 15) is 4.79 Å². The normalized spacial score (nSPS) is 19.3. The van der Waals surface area contributed by atoms with Crippen molar-refractivity contribution in [3.05, 3.63) is 84.4 Å². The number of hydrogen-bond donors (Lipinski definition) is 0. The van der Waals surface area contributed by atoms with Crippen LogP contribution < -0.4 is 0 Å². The molecule has 3 rings (SSSR count). The first-order valence-corrected chi connectivity index (χ1v) is 9.37. The molecule has 1 atom stereocenters. The van der Waals surface area contributed by atoms with Crippen molar-refractivity contribution >= 4 is 6.09 Å². The Morgan fingerprint density at radius 2 is 1.73 bits per heavy atom. The summed E-state index contributed by atoms with van der Waals surface area (Å²) >= 11 is 0. The van der Waals surface area contributed by atoms with Crippen LogP contribution in [0.1, 0.15) is 36.8 Å². The van der Waals surface area contributed by atoms with Gasteiger partial charge < -0.3 is 9.64 Å². The van der Waals surface area contributed by atoms with Crippen LogP contribution in [-0.4, -0.2) is 23.1 Å². The van der Waals surface area contributed by atoms with Gasteiger partial charge in [-0.05, 0) is 43.2 Å². The molecule has 3 nitrogen and oxygen atoms in total. The van der Waals surface area contributed by atoms with Crippen LogP contribution in [0.25, 0.3) is 0 Å². The first kappa shape index (κ1) is 18.2. The number of carbonyl (C=O) groups is 1. The molecule has 1 unspecified atom stereocenters. The highest BCUT2D eigenvalue weighted by Crippen LogP contribution is 2.37. The predicted octanol–water partition coefficient (Wildman–Crippen LogP) is 5.37. The van der Waals surface area contributed by atoms with Gasteiger partial charge in [0.15, 0.2) is 0 Å². The van der Waals surface area contributed by atoms with Crippen LogP contribution >= 0.6 is 0 Å². The van der Waals surface area contributed by atoms with E-state index in [0.717, 1.165) is 44.2 Å². The molecule has 1 saturated heterocycles. The largest absolute Gasteiger partial charge is 0.445 e. The van der Waals surface area contributed by atoms with Gasteiger partial charge in [0.2, 0.25) is 0 Å². The zero-order chi connectivity index (χ0) is 18.2. The molecule has 136 valence electrons. The fourth-order valence-electron chi connectivity index (χ4n) is 3.90. The quantitative estimate of drug-likeness (QED) is 0.629. The highest BCUT2D eigenvalue weighted by atomic mass is 16.6. The Balaban J connectivity index is 1.74. The second-order valence-corrected chi connectivity index (χ2v) is 7.01. The lowest BCUT2D eigenvalue weighted by molar-refractivity contribution is 0.0614. The van der Waals surface area contributed by atoms with Gasteiger partial charge in [-0.15, -0.1) is 6.58 Å². The van der Waals surface area contributed by atoms with Crippen LogP contribution in [0, 0.1) is 0 Å². The van der Waals surface area contributed by atoms with E-state index >= 15 is 0 Å². The maximum atomic E-state index is 12.9. The van der Waals surface area contributed by atoms with Gasteiger partial charge in [-0.2, -0.15) is 0 Å². The molecular weight excluding hydrogens is 322 g/mol. The van der Waals surface area contributed by atoms with Crippen molar-refractivity contribution in [1.29, 1.82) is 0 Å². The zero-order valence-corrected chi connectivity index (χ0v) is 15.3. The van der Waals surface area contributed by atoms with Gasteiger partial charge >= 0.3 is 6.09 Å². The molecule has 0 bridgehead atoms. The summed E-state index contributed by atoms with van der Waals surface area (Å²) in [4.78, 5) is 14.8. The first-order valence-electron chi connectivity index (χ1n) is 9.37. The van der Waals surface area contributed by atoms with Crippen LogP contribution in [0.5, 0.6) is 0 Å². The van der Waals surface area contributed by atoms with Crippen LogP contribution in [-0.2, 0) is 17.8 Å². The number of ether oxygens (including phenoxy) is 1. The predicted molar refractivity (Wildman–Crippen MR) is 105 cm³/mol. The summed E-state index contributed by atoms with van der Waals surface area (Å²) in [6.45, 7) is 4.95. The van der Waals surface area contributed by atoms with E-state index in [-0.39, 0.29) is 11.6 Å². The molecule has 3 heteroatoms. The molecule has 1 heterocycles. The van der Waals surface area contributed by atoms with Crippen molar-refractivity contribution < 1.29 is 9.53 Å². The third kappa shape index (κ3) is 4.34. The molecule has 1 aliphatic rings. The van der Waals surface area contributed by atoms with Crippen molar-refractivity contribution in [2.75, 3.05) is 6.54 Å². The average molecular weight is 349 g/mol. The number of rotatable bonds is 7. The van der Waals surface area contributed by atoms with E-state index in [0.29, 0.717) is 6.61 Å². The molecule has 2 aromatic carbocycles. The second kappa shape index (κ2) is 8.70. The zero-order valence-electron chi connectivity index (χ0n) is 15.3. The second-order valence-electron chi connectivity index (χ2n) is 7.01. The number of benzene rings is 2. The molecule has 1 aliphatic heterocycles. The SMILES string of the molecule is C=CCCC1(Cc2ccccc2)CCCN1C(=O)OCc1ccccc1. The van der Waals surface area contributed by atoms with E-state index in [4.69, 9.17) is 4.74 Å². The monoisotopic (exact) mass is 349 g/mol. The summed E-state index contributed by atoms with van der Waals surface area (Å²) in [5.41, 5.74) is 2.10. The number of amides is 1. The van der Waals surface area contributed by atoms with Crippen LogP contribution in [0.3, 0.4) is 0 Å². The molecule has 0 spiro atoms. The van der Waals surface area contributed by atoms with E-state index in [1.54, 1.807) is 0 Å². The third-order valence-corrected chi connectivity index (χ3v) is 5.21. The summed E-state index contributed by atoms with van der Waals surface area (Å²) in [7, 11) is 0. The Labute approximate surface area is 156 Å². The number of allylic oxidation sites excluding steroid dienone is 1. The topological polar surface area (TPSA) is 29.5 Å². The van der Waals surface area contributed by atoms with Crippen molar-refractivity contribution in [2.45, 2.75) is 44.2 Å². The molecule has 0 N–H and O–H groups in total. The van der Waals surface area contributed by atoms with Gasteiger partial charge in [0, 0.05) is 6.54 Å². The molecule has 1 fully saturated rings. The maximum Gasteiger partial charge on any atom is 0.410 e. The molecule has 0 aliphatic carbocycles. The fraction of sp³-hybridized carbons (Fsp3) is 0.348. The molecule has 2 aromatic rings. The van der Waals surface area contributed by atoms with E-state index in [2.05, 4.69) is 30.8 Å². The van der Waals surface area contributed by atoms with Crippen molar-refractivity contribution in [1.82, 2.24) is 4.90 Å². The van der Waals surface area contributed by atoms with Crippen LogP contribution in [0.4, 0.5) is 4.79 Å². The average Bonchev–Trinajstić information content (AvgIpc) is 3.10. The van der Waals surface area contributed by atoms with Crippen molar-refractivity contribution in [2.24, 2.45) is 0 Å². The standard InChI is InChI=1S/C23H27NO2/c1-2-3-15-23(18-20-11-6-4-7-12-20)16-10-17-24(23)22(25)26-19-21-13-8-5-9-14-21/h2,4-9,11-14H,1,3,10,15-19H2. The van der Waals surface area contributed by atoms with Crippen LogP contribution in [0.2, 0.25) is 0 Å². The summed E-state index contributed by atoms with van der Waals surface area (Å²) in [5.74, 6) is 0. The van der Waals surface area contributed by atoms with Crippen LogP contribution in [0.15, 0.2) is 73.3 Å².